The maximum atomic E-state index is 6.75. The second-order valence-electron chi connectivity index (χ2n) is 12.5. The summed E-state index contributed by atoms with van der Waals surface area (Å²) in [7, 11) is 0. The van der Waals surface area contributed by atoms with Crippen molar-refractivity contribution in [1.82, 2.24) is 0 Å². The van der Waals surface area contributed by atoms with Crippen LogP contribution in [0.4, 0.5) is 17.1 Å². The van der Waals surface area contributed by atoms with Gasteiger partial charge < -0.3 is 9.64 Å². The molecule has 0 unspecified atom stereocenters. The van der Waals surface area contributed by atoms with E-state index in [9.17, 15) is 0 Å². The van der Waals surface area contributed by atoms with E-state index in [4.69, 9.17) is 4.74 Å². The molecule has 0 spiro atoms. The molecule has 0 N–H and O–H groups in total. The largest absolute Gasteiger partial charge is 0.456 e. The highest BCUT2D eigenvalue weighted by Crippen LogP contribution is 2.51. The Morgan fingerprint density at radius 1 is 0.367 bits per heavy atom. The summed E-state index contributed by atoms with van der Waals surface area (Å²) in [4.78, 5) is 2.34. The van der Waals surface area contributed by atoms with Crippen molar-refractivity contribution in [3.63, 3.8) is 0 Å². The van der Waals surface area contributed by atoms with Gasteiger partial charge >= 0.3 is 0 Å². The first kappa shape index (κ1) is 27.9. The highest BCUT2D eigenvalue weighted by Gasteiger charge is 2.24. The summed E-state index contributed by atoms with van der Waals surface area (Å²) >= 11 is 1.85. The first-order valence-electron chi connectivity index (χ1n) is 16.6. The molecule has 0 aliphatic carbocycles. The van der Waals surface area contributed by atoms with Gasteiger partial charge in [0.1, 0.15) is 11.5 Å². The summed E-state index contributed by atoms with van der Waals surface area (Å²) in [6, 6.07) is 63.1. The predicted octanol–water partition coefficient (Wildman–Crippen LogP) is 13.8. The molecule has 1 aliphatic rings. The van der Waals surface area contributed by atoms with Gasteiger partial charge in [-0.2, -0.15) is 0 Å². The minimum atomic E-state index is 0.862. The fourth-order valence-corrected chi connectivity index (χ4v) is 8.43. The minimum absolute atomic E-state index is 0.862. The molecule has 0 bridgehead atoms. The summed E-state index contributed by atoms with van der Waals surface area (Å²) in [5.74, 6) is 1.75. The number of benzene rings is 8. The SMILES string of the molecule is c1ccc(-c2ccc3sc4ccc(N(c5ccccc5)c5ccc6c(c5)Oc5ccc(-c7ccccc7)c7cccc-6c57)cc4c3c2)cc1. The predicted molar refractivity (Wildman–Crippen MR) is 208 cm³/mol. The van der Waals surface area contributed by atoms with E-state index in [1.165, 1.54) is 53.4 Å². The van der Waals surface area contributed by atoms with Crippen LogP contribution in [-0.2, 0) is 0 Å². The third-order valence-electron chi connectivity index (χ3n) is 9.65. The summed E-state index contributed by atoms with van der Waals surface area (Å²) < 4.78 is 9.33. The maximum Gasteiger partial charge on any atom is 0.137 e. The van der Waals surface area contributed by atoms with Crippen LogP contribution in [-0.4, -0.2) is 0 Å². The van der Waals surface area contributed by atoms with E-state index in [1.807, 2.05) is 11.3 Å². The number of ether oxygens (including phenoxy) is 1. The lowest BCUT2D eigenvalue weighted by Gasteiger charge is -2.28. The quantitative estimate of drug-likeness (QED) is 0.185. The van der Waals surface area contributed by atoms with E-state index in [0.717, 1.165) is 39.5 Å². The van der Waals surface area contributed by atoms with E-state index in [1.54, 1.807) is 0 Å². The Bertz CT molecular complexity index is 2680. The van der Waals surface area contributed by atoms with E-state index in [2.05, 4.69) is 181 Å². The van der Waals surface area contributed by atoms with Crippen molar-refractivity contribution in [3.05, 3.63) is 176 Å². The van der Waals surface area contributed by atoms with Crippen molar-refractivity contribution in [2.75, 3.05) is 4.90 Å². The van der Waals surface area contributed by atoms with Gasteiger partial charge in [0.15, 0.2) is 0 Å². The molecular weight excluding hydrogens is 615 g/mol. The molecule has 10 rings (SSSR count). The second kappa shape index (κ2) is 11.2. The van der Waals surface area contributed by atoms with Crippen molar-refractivity contribution in [1.29, 1.82) is 0 Å². The Morgan fingerprint density at radius 2 is 1.02 bits per heavy atom. The highest BCUT2D eigenvalue weighted by molar-refractivity contribution is 7.25. The number of para-hydroxylation sites is 1. The molecule has 3 heteroatoms. The average Bonchev–Trinajstić information content (AvgIpc) is 3.54. The molecule has 0 saturated heterocycles. The Kier molecular flexibility index (Phi) is 6.39. The zero-order valence-corrected chi connectivity index (χ0v) is 27.3. The molecule has 2 nitrogen and oxygen atoms in total. The third kappa shape index (κ3) is 4.62. The fourth-order valence-electron chi connectivity index (χ4n) is 7.37. The van der Waals surface area contributed by atoms with Gasteiger partial charge in [-0.1, -0.05) is 109 Å². The molecule has 0 amide bonds. The fraction of sp³-hybridized carbons (Fsp3) is 0. The molecule has 8 aromatic carbocycles. The van der Waals surface area contributed by atoms with E-state index in [-0.39, 0.29) is 0 Å². The first-order chi connectivity index (χ1) is 24.3. The van der Waals surface area contributed by atoms with Crippen LogP contribution in [0.25, 0.3) is 64.3 Å². The van der Waals surface area contributed by atoms with Crippen LogP contribution in [0, 0.1) is 0 Å². The van der Waals surface area contributed by atoms with Gasteiger partial charge in [-0.05, 0) is 93.9 Å². The monoisotopic (exact) mass is 643 g/mol. The Morgan fingerprint density at radius 3 is 1.82 bits per heavy atom. The number of rotatable bonds is 5. The van der Waals surface area contributed by atoms with Crippen molar-refractivity contribution < 1.29 is 4.74 Å². The summed E-state index contributed by atoms with van der Waals surface area (Å²) in [6.45, 7) is 0. The molecule has 49 heavy (non-hydrogen) atoms. The molecule has 1 aliphatic heterocycles. The summed E-state index contributed by atoms with van der Waals surface area (Å²) in [6.07, 6.45) is 0. The topological polar surface area (TPSA) is 12.5 Å². The molecule has 1 aromatic heterocycles. The van der Waals surface area contributed by atoms with Crippen molar-refractivity contribution >= 4 is 59.3 Å². The molecule has 230 valence electrons. The number of hydrogen-bond donors (Lipinski definition) is 0. The van der Waals surface area contributed by atoms with Crippen molar-refractivity contribution in [3.8, 4) is 44.9 Å². The number of anilines is 3. The normalized spacial score (nSPS) is 11.8. The van der Waals surface area contributed by atoms with Gasteiger partial charge in [-0.15, -0.1) is 11.3 Å². The molecule has 9 aromatic rings. The zero-order valence-electron chi connectivity index (χ0n) is 26.5. The van der Waals surface area contributed by atoms with Crippen LogP contribution >= 0.6 is 11.3 Å². The van der Waals surface area contributed by atoms with Crippen LogP contribution in [0.3, 0.4) is 0 Å². The average molecular weight is 644 g/mol. The van der Waals surface area contributed by atoms with Crippen LogP contribution in [0.5, 0.6) is 11.5 Å². The molecule has 2 heterocycles. The van der Waals surface area contributed by atoms with E-state index in [0.29, 0.717) is 0 Å². The molecule has 0 saturated carbocycles. The number of hydrogen-bond acceptors (Lipinski definition) is 3. The van der Waals surface area contributed by atoms with Crippen LogP contribution in [0.15, 0.2) is 176 Å². The van der Waals surface area contributed by atoms with E-state index < -0.39 is 0 Å². The zero-order chi connectivity index (χ0) is 32.3. The number of thiophene rings is 1. The van der Waals surface area contributed by atoms with Gasteiger partial charge in [-0.25, -0.2) is 0 Å². The highest BCUT2D eigenvalue weighted by atomic mass is 32.1. The summed E-state index contributed by atoms with van der Waals surface area (Å²) in [5, 5.41) is 4.91. The van der Waals surface area contributed by atoms with Gasteiger partial charge in [0.25, 0.3) is 0 Å². The van der Waals surface area contributed by atoms with Crippen LogP contribution in [0.2, 0.25) is 0 Å². The Labute approximate surface area is 288 Å². The Balaban J connectivity index is 1.11. The molecule has 0 atom stereocenters. The number of nitrogens with zero attached hydrogens (tertiary/aromatic N) is 1. The Hall–Kier alpha value is -6.16. The maximum absolute atomic E-state index is 6.75. The first-order valence-corrected chi connectivity index (χ1v) is 17.4. The smallest absolute Gasteiger partial charge is 0.137 e. The van der Waals surface area contributed by atoms with Gasteiger partial charge in [-0.3, -0.25) is 0 Å². The molecular formula is C46H29NOS. The lowest BCUT2D eigenvalue weighted by molar-refractivity contribution is 0.487. The van der Waals surface area contributed by atoms with Crippen molar-refractivity contribution in [2.24, 2.45) is 0 Å². The minimum Gasteiger partial charge on any atom is -0.456 e. The van der Waals surface area contributed by atoms with Crippen LogP contribution < -0.4 is 9.64 Å². The lowest BCUT2D eigenvalue weighted by Crippen LogP contribution is -2.10. The standard InChI is InChI=1S/C46H29NOS/c1-4-11-30(12-5-1)32-19-25-44-40(27-32)41-28-34(21-26-45(41)49-44)47(33-15-8-3-9-16-33)35-20-22-37-39-18-10-17-38-36(31-13-6-2-7-14-31)23-24-42(46(38)39)48-43(37)29-35/h1-29H. The lowest BCUT2D eigenvalue weighted by atomic mass is 9.90. The molecule has 0 radical (unpaired) electrons. The van der Waals surface area contributed by atoms with Gasteiger partial charge in [0.2, 0.25) is 0 Å². The van der Waals surface area contributed by atoms with Crippen LogP contribution in [0.1, 0.15) is 0 Å². The van der Waals surface area contributed by atoms with E-state index >= 15 is 0 Å². The number of fused-ring (bicyclic) bond motifs is 5. The van der Waals surface area contributed by atoms with Gasteiger partial charge in [0, 0.05) is 54.3 Å². The summed E-state index contributed by atoms with van der Waals surface area (Å²) in [5.41, 5.74) is 10.4. The molecule has 0 fully saturated rings. The third-order valence-corrected chi connectivity index (χ3v) is 10.8. The van der Waals surface area contributed by atoms with Gasteiger partial charge in [0.05, 0.1) is 0 Å². The second-order valence-corrected chi connectivity index (χ2v) is 13.6. The van der Waals surface area contributed by atoms with Crippen molar-refractivity contribution in [2.45, 2.75) is 0 Å².